The van der Waals surface area contributed by atoms with Crippen molar-refractivity contribution in [3.05, 3.63) is 29.8 Å². The van der Waals surface area contributed by atoms with Crippen molar-refractivity contribution >= 4 is 15.9 Å². The minimum atomic E-state index is -3.66. The molecule has 0 spiro atoms. The Morgan fingerprint density at radius 1 is 1.21 bits per heavy atom. The molecule has 1 amide bonds. The average molecular weight is 215 g/mol. The maximum Gasteiger partial charge on any atom is 0.253 e. The second-order valence-electron chi connectivity index (χ2n) is 2.51. The zero-order valence-electron chi connectivity index (χ0n) is 7.10. The van der Waals surface area contributed by atoms with E-state index < -0.39 is 15.9 Å². The third-order valence-corrected chi connectivity index (χ3v) is 2.81. The number of sulfonamides is 1. The fourth-order valence-electron chi connectivity index (χ4n) is 0.866. The maximum absolute atomic E-state index is 11.1. The second-order valence-corrected chi connectivity index (χ2v) is 4.22. The highest BCUT2D eigenvalue weighted by Crippen LogP contribution is 2.08. The number of benzene rings is 1. The van der Waals surface area contributed by atoms with Crippen molar-refractivity contribution < 1.29 is 13.2 Å². The monoisotopic (exact) mass is 215 g/mol. The van der Waals surface area contributed by atoms with Crippen molar-refractivity contribution in [1.29, 1.82) is 0 Å². The van der Waals surface area contributed by atoms with Crippen molar-refractivity contribution in [3.8, 4) is 0 Å². The van der Waals surface area contributed by atoms with Crippen molar-refractivity contribution in [3.63, 3.8) is 0 Å². The third-order valence-electron chi connectivity index (χ3n) is 1.60. The molecule has 0 radical (unpaired) electrons. The number of primary amides is 1. The van der Waals surface area contributed by atoms with E-state index in [4.69, 9.17) is 11.6 Å². The summed E-state index contributed by atoms with van der Waals surface area (Å²) in [6, 6.07) is 5.11. The van der Waals surface area contributed by atoms with E-state index in [0.717, 1.165) is 0 Å². The van der Waals surface area contributed by atoms with Crippen LogP contribution >= 0.6 is 0 Å². The van der Waals surface area contributed by atoms with Crippen LogP contribution < -0.4 is 16.4 Å². The summed E-state index contributed by atoms with van der Waals surface area (Å²) in [5, 5.41) is 0. The minimum absolute atomic E-state index is 0.0231. The molecule has 0 fully saturated rings. The normalized spacial score (nSPS) is 11.2. The van der Waals surface area contributed by atoms with E-state index in [2.05, 4.69) is 0 Å². The van der Waals surface area contributed by atoms with Gasteiger partial charge in [-0.15, -0.1) is 0 Å². The summed E-state index contributed by atoms with van der Waals surface area (Å²) in [4.78, 5) is 12.3. The number of rotatable bonds is 3. The lowest BCUT2D eigenvalue weighted by Crippen LogP contribution is -2.30. The Hall–Kier alpha value is -1.44. The molecule has 0 unspecified atom stereocenters. The smallest absolute Gasteiger partial charge is 0.253 e. The predicted molar refractivity (Wildman–Crippen MR) is 49.5 cm³/mol. The Morgan fingerprint density at radius 2 is 1.71 bits per heavy atom. The van der Waals surface area contributed by atoms with Crippen molar-refractivity contribution in [2.75, 3.05) is 0 Å². The van der Waals surface area contributed by atoms with Crippen LogP contribution in [0.15, 0.2) is 29.2 Å². The number of hydrogen-bond acceptors (Lipinski definition) is 4. The first-order chi connectivity index (χ1) is 6.47. The van der Waals surface area contributed by atoms with E-state index in [-0.39, 0.29) is 10.5 Å². The molecule has 0 saturated carbocycles. The standard InChI is InChI=1S/C7H9N3O3S/c8-7(11)5-1-3-6(4-2-5)14(12,13)10-9/h1-4,10H,9H2,(H2,8,11). The van der Waals surface area contributed by atoms with Crippen LogP contribution in [0.5, 0.6) is 0 Å². The average Bonchev–Trinajstić information content (AvgIpc) is 2.18. The first-order valence-electron chi connectivity index (χ1n) is 3.59. The van der Waals surface area contributed by atoms with Crippen LogP contribution in [-0.2, 0) is 10.0 Å². The van der Waals surface area contributed by atoms with Gasteiger partial charge in [0.15, 0.2) is 0 Å². The van der Waals surface area contributed by atoms with Crippen LogP contribution in [0.4, 0.5) is 0 Å². The molecule has 76 valence electrons. The molecule has 14 heavy (non-hydrogen) atoms. The van der Waals surface area contributed by atoms with Crippen LogP contribution in [0.1, 0.15) is 10.4 Å². The lowest BCUT2D eigenvalue weighted by atomic mass is 10.2. The summed E-state index contributed by atoms with van der Waals surface area (Å²) in [6.07, 6.45) is 0. The van der Waals surface area contributed by atoms with Gasteiger partial charge in [-0.2, -0.15) is 4.83 Å². The largest absolute Gasteiger partial charge is 0.366 e. The molecule has 6 nitrogen and oxygen atoms in total. The molecular weight excluding hydrogens is 206 g/mol. The first-order valence-corrected chi connectivity index (χ1v) is 5.08. The summed E-state index contributed by atoms with van der Waals surface area (Å²) in [7, 11) is -3.66. The summed E-state index contributed by atoms with van der Waals surface area (Å²) >= 11 is 0. The van der Waals surface area contributed by atoms with Gasteiger partial charge in [-0.1, -0.05) is 0 Å². The molecule has 0 saturated heterocycles. The molecule has 0 aliphatic heterocycles. The molecule has 5 N–H and O–H groups in total. The number of carbonyl (C=O) groups is 1. The van der Waals surface area contributed by atoms with Gasteiger partial charge in [-0.25, -0.2) is 8.42 Å². The van der Waals surface area contributed by atoms with Crippen LogP contribution in [0, 0.1) is 0 Å². The van der Waals surface area contributed by atoms with Crippen LogP contribution in [-0.4, -0.2) is 14.3 Å². The number of hydrogen-bond donors (Lipinski definition) is 3. The second kappa shape index (κ2) is 3.74. The van der Waals surface area contributed by atoms with E-state index in [1.807, 2.05) is 0 Å². The fourth-order valence-corrected chi connectivity index (χ4v) is 1.50. The van der Waals surface area contributed by atoms with Crippen LogP contribution in [0.2, 0.25) is 0 Å². The van der Waals surface area contributed by atoms with Gasteiger partial charge >= 0.3 is 0 Å². The van der Waals surface area contributed by atoms with Crippen molar-refractivity contribution in [2.24, 2.45) is 11.6 Å². The number of hydrazine groups is 1. The zero-order chi connectivity index (χ0) is 10.8. The molecule has 0 aliphatic rings. The molecule has 0 bridgehead atoms. The molecule has 1 aromatic carbocycles. The van der Waals surface area contributed by atoms with Gasteiger partial charge in [0.25, 0.3) is 10.0 Å². The first kappa shape index (κ1) is 10.6. The SMILES string of the molecule is NNS(=O)(=O)c1ccc(C(N)=O)cc1. The van der Waals surface area contributed by atoms with Gasteiger partial charge in [0.05, 0.1) is 4.90 Å². The number of carbonyl (C=O) groups excluding carboxylic acids is 1. The molecular formula is C7H9N3O3S. The molecule has 0 aromatic heterocycles. The van der Waals surface area contributed by atoms with E-state index in [1.54, 1.807) is 4.83 Å². The number of amides is 1. The predicted octanol–water partition coefficient (Wildman–Crippen LogP) is -1.06. The summed E-state index contributed by atoms with van der Waals surface area (Å²) in [6.45, 7) is 0. The fraction of sp³-hybridized carbons (Fsp3) is 0. The highest BCUT2D eigenvalue weighted by atomic mass is 32.2. The topological polar surface area (TPSA) is 115 Å². The van der Waals surface area contributed by atoms with Crippen molar-refractivity contribution in [2.45, 2.75) is 4.90 Å². The number of nitrogens with two attached hydrogens (primary N) is 2. The molecule has 0 aliphatic carbocycles. The summed E-state index contributed by atoms with van der Waals surface area (Å²) in [5.41, 5.74) is 5.21. The van der Waals surface area contributed by atoms with Gasteiger partial charge in [-0.3, -0.25) is 10.6 Å². The highest BCUT2D eigenvalue weighted by Gasteiger charge is 2.11. The Balaban J connectivity index is 3.12. The zero-order valence-corrected chi connectivity index (χ0v) is 7.91. The van der Waals surface area contributed by atoms with E-state index in [1.165, 1.54) is 24.3 Å². The van der Waals surface area contributed by atoms with E-state index in [0.29, 0.717) is 0 Å². The van der Waals surface area contributed by atoms with E-state index in [9.17, 15) is 13.2 Å². The summed E-state index contributed by atoms with van der Waals surface area (Å²) in [5.74, 6) is 4.19. The van der Waals surface area contributed by atoms with Gasteiger partial charge in [-0.05, 0) is 24.3 Å². The van der Waals surface area contributed by atoms with Crippen LogP contribution in [0.25, 0.3) is 0 Å². The Bertz CT molecular complexity index is 438. The van der Waals surface area contributed by atoms with Gasteiger partial charge in [0.1, 0.15) is 0 Å². The van der Waals surface area contributed by atoms with Gasteiger partial charge < -0.3 is 5.73 Å². The molecule has 0 heterocycles. The van der Waals surface area contributed by atoms with Gasteiger partial charge in [0.2, 0.25) is 5.91 Å². The number of nitrogens with one attached hydrogen (secondary N) is 1. The highest BCUT2D eigenvalue weighted by molar-refractivity contribution is 7.89. The quantitative estimate of drug-likeness (QED) is 0.440. The Labute approximate surface area is 80.9 Å². The maximum atomic E-state index is 11.1. The lowest BCUT2D eigenvalue weighted by molar-refractivity contribution is 0.1000. The van der Waals surface area contributed by atoms with Gasteiger partial charge in [0, 0.05) is 5.56 Å². The molecule has 7 heteroatoms. The minimum Gasteiger partial charge on any atom is -0.366 e. The third kappa shape index (κ3) is 2.08. The van der Waals surface area contributed by atoms with E-state index >= 15 is 0 Å². The lowest BCUT2D eigenvalue weighted by Gasteiger charge is -2.01. The molecule has 1 rings (SSSR count). The Morgan fingerprint density at radius 3 is 2.07 bits per heavy atom. The molecule has 0 atom stereocenters. The van der Waals surface area contributed by atoms with Crippen molar-refractivity contribution in [1.82, 2.24) is 4.83 Å². The molecule has 1 aromatic rings. The van der Waals surface area contributed by atoms with Crippen LogP contribution in [0.3, 0.4) is 0 Å². The summed E-state index contributed by atoms with van der Waals surface area (Å²) < 4.78 is 22.3. The Kier molecular flexibility index (Phi) is 2.84.